The van der Waals surface area contributed by atoms with E-state index >= 15 is 0 Å². The number of nitrogens with two attached hydrogens (primary N) is 1. The van der Waals surface area contributed by atoms with Gasteiger partial charge in [0.05, 0.1) is 13.2 Å². The summed E-state index contributed by atoms with van der Waals surface area (Å²) in [5, 5.41) is 0.642. The van der Waals surface area contributed by atoms with Gasteiger partial charge in [0.25, 0.3) is 0 Å². The number of halogens is 1. The number of rotatable bonds is 1. The van der Waals surface area contributed by atoms with E-state index in [1.54, 1.807) is 18.2 Å². The monoisotopic (exact) mass is 199 g/mol. The number of benzene rings is 1. The Morgan fingerprint density at radius 3 is 2.69 bits per heavy atom. The first-order valence-corrected chi connectivity index (χ1v) is 4.43. The van der Waals surface area contributed by atoms with Gasteiger partial charge in [0, 0.05) is 16.3 Å². The number of anilines is 1. The lowest BCUT2D eigenvalue weighted by atomic mass is 10.2. The Balaban J connectivity index is 2.32. The summed E-state index contributed by atoms with van der Waals surface area (Å²) in [6.07, 6.45) is -0.348. The van der Waals surface area contributed by atoms with E-state index in [1.807, 2.05) is 0 Å². The highest BCUT2D eigenvalue weighted by Gasteiger charge is 2.20. The third kappa shape index (κ3) is 1.77. The molecule has 1 aliphatic heterocycles. The number of ether oxygens (including phenoxy) is 2. The highest BCUT2D eigenvalue weighted by atomic mass is 35.5. The molecule has 1 aromatic rings. The van der Waals surface area contributed by atoms with Gasteiger partial charge in [0.2, 0.25) is 0 Å². The maximum atomic E-state index is 5.83. The van der Waals surface area contributed by atoms with Gasteiger partial charge in [-0.05, 0) is 18.2 Å². The SMILES string of the molecule is Nc1ccc(Cl)cc1C1OCCO1. The van der Waals surface area contributed by atoms with E-state index in [0.29, 0.717) is 23.9 Å². The zero-order valence-corrected chi connectivity index (χ0v) is 7.75. The maximum Gasteiger partial charge on any atom is 0.186 e. The van der Waals surface area contributed by atoms with Crippen molar-refractivity contribution in [2.45, 2.75) is 6.29 Å². The molecule has 70 valence electrons. The lowest BCUT2D eigenvalue weighted by Gasteiger charge is -2.11. The van der Waals surface area contributed by atoms with Crippen LogP contribution in [-0.4, -0.2) is 13.2 Å². The Morgan fingerprint density at radius 2 is 2.00 bits per heavy atom. The van der Waals surface area contributed by atoms with Crippen LogP contribution in [0.2, 0.25) is 5.02 Å². The molecule has 2 rings (SSSR count). The average molecular weight is 200 g/mol. The maximum absolute atomic E-state index is 5.83. The molecule has 0 amide bonds. The molecule has 1 aliphatic rings. The van der Waals surface area contributed by atoms with Gasteiger partial charge < -0.3 is 15.2 Å². The first-order valence-electron chi connectivity index (χ1n) is 4.05. The van der Waals surface area contributed by atoms with Crippen molar-refractivity contribution in [1.29, 1.82) is 0 Å². The molecule has 0 atom stereocenters. The molecule has 0 bridgehead atoms. The van der Waals surface area contributed by atoms with Crippen molar-refractivity contribution in [3.63, 3.8) is 0 Å². The summed E-state index contributed by atoms with van der Waals surface area (Å²) in [6, 6.07) is 5.27. The third-order valence-corrected chi connectivity index (χ3v) is 2.16. The van der Waals surface area contributed by atoms with Gasteiger partial charge in [-0.25, -0.2) is 0 Å². The van der Waals surface area contributed by atoms with Crippen LogP contribution in [0.5, 0.6) is 0 Å². The quantitative estimate of drug-likeness (QED) is 0.704. The minimum atomic E-state index is -0.348. The Kier molecular flexibility index (Phi) is 2.40. The zero-order valence-electron chi connectivity index (χ0n) is 7.00. The van der Waals surface area contributed by atoms with E-state index in [2.05, 4.69) is 0 Å². The first-order chi connectivity index (χ1) is 6.27. The Labute approximate surface area is 81.4 Å². The molecular weight excluding hydrogens is 190 g/mol. The molecule has 0 saturated carbocycles. The van der Waals surface area contributed by atoms with E-state index in [4.69, 9.17) is 26.8 Å². The van der Waals surface area contributed by atoms with Gasteiger partial charge in [-0.15, -0.1) is 0 Å². The van der Waals surface area contributed by atoms with Crippen LogP contribution in [-0.2, 0) is 9.47 Å². The summed E-state index contributed by atoms with van der Waals surface area (Å²) in [7, 11) is 0. The van der Waals surface area contributed by atoms with E-state index < -0.39 is 0 Å². The van der Waals surface area contributed by atoms with Gasteiger partial charge in [0.1, 0.15) is 0 Å². The summed E-state index contributed by atoms with van der Waals surface area (Å²) in [5.41, 5.74) is 7.21. The van der Waals surface area contributed by atoms with Crippen molar-refractivity contribution in [3.8, 4) is 0 Å². The summed E-state index contributed by atoms with van der Waals surface area (Å²) >= 11 is 5.83. The highest BCUT2D eigenvalue weighted by molar-refractivity contribution is 6.30. The smallest absolute Gasteiger partial charge is 0.186 e. The Hall–Kier alpha value is -0.770. The van der Waals surface area contributed by atoms with Crippen molar-refractivity contribution < 1.29 is 9.47 Å². The lowest BCUT2D eigenvalue weighted by Crippen LogP contribution is -2.02. The second-order valence-corrected chi connectivity index (χ2v) is 3.28. The lowest BCUT2D eigenvalue weighted by molar-refractivity contribution is -0.0435. The van der Waals surface area contributed by atoms with E-state index in [-0.39, 0.29) is 6.29 Å². The molecule has 0 aromatic heterocycles. The van der Waals surface area contributed by atoms with Crippen molar-refractivity contribution in [2.24, 2.45) is 0 Å². The van der Waals surface area contributed by atoms with Crippen molar-refractivity contribution in [2.75, 3.05) is 18.9 Å². The third-order valence-electron chi connectivity index (χ3n) is 1.92. The largest absolute Gasteiger partial charge is 0.398 e. The van der Waals surface area contributed by atoms with Crippen LogP contribution in [0.4, 0.5) is 5.69 Å². The van der Waals surface area contributed by atoms with E-state index in [0.717, 1.165) is 5.56 Å². The molecule has 1 heterocycles. The summed E-state index contributed by atoms with van der Waals surface area (Å²) < 4.78 is 10.6. The van der Waals surface area contributed by atoms with Crippen molar-refractivity contribution in [1.82, 2.24) is 0 Å². The minimum Gasteiger partial charge on any atom is -0.398 e. The molecule has 1 saturated heterocycles. The summed E-state index contributed by atoms with van der Waals surface area (Å²) in [5.74, 6) is 0. The molecule has 0 radical (unpaired) electrons. The standard InChI is InChI=1S/C9H10ClNO2/c10-6-1-2-8(11)7(5-6)9-12-3-4-13-9/h1-2,5,9H,3-4,11H2. The summed E-state index contributed by atoms with van der Waals surface area (Å²) in [4.78, 5) is 0. The van der Waals surface area contributed by atoms with Crippen molar-refractivity contribution >= 4 is 17.3 Å². The summed E-state index contributed by atoms with van der Waals surface area (Å²) in [6.45, 7) is 1.22. The predicted octanol–water partition coefficient (Wildman–Crippen LogP) is 1.97. The molecule has 0 unspecified atom stereocenters. The normalized spacial score (nSPS) is 17.9. The second-order valence-electron chi connectivity index (χ2n) is 2.85. The van der Waals surface area contributed by atoms with Gasteiger partial charge in [0.15, 0.2) is 6.29 Å². The zero-order chi connectivity index (χ0) is 9.26. The van der Waals surface area contributed by atoms with Crippen LogP contribution in [0, 0.1) is 0 Å². The molecule has 1 fully saturated rings. The highest BCUT2D eigenvalue weighted by Crippen LogP contribution is 2.29. The van der Waals surface area contributed by atoms with Gasteiger partial charge in [-0.1, -0.05) is 11.6 Å². The molecule has 4 heteroatoms. The fourth-order valence-corrected chi connectivity index (χ4v) is 1.47. The fraction of sp³-hybridized carbons (Fsp3) is 0.333. The number of hydrogen-bond donors (Lipinski definition) is 1. The molecule has 3 nitrogen and oxygen atoms in total. The van der Waals surface area contributed by atoms with Crippen LogP contribution >= 0.6 is 11.6 Å². The fourth-order valence-electron chi connectivity index (χ4n) is 1.29. The number of hydrogen-bond acceptors (Lipinski definition) is 3. The molecular formula is C9H10ClNO2. The topological polar surface area (TPSA) is 44.5 Å². The van der Waals surface area contributed by atoms with Crippen LogP contribution in [0.25, 0.3) is 0 Å². The molecule has 0 spiro atoms. The second kappa shape index (κ2) is 3.54. The van der Waals surface area contributed by atoms with Crippen LogP contribution in [0.3, 0.4) is 0 Å². The minimum absolute atomic E-state index is 0.348. The van der Waals surface area contributed by atoms with Gasteiger partial charge in [-0.3, -0.25) is 0 Å². The Morgan fingerprint density at radius 1 is 1.31 bits per heavy atom. The molecule has 13 heavy (non-hydrogen) atoms. The average Bonchev–Trinajstić information content (AvgIpc) is 2.61. The van der Waals surface area contributed by atoms with Crippen LogP contribution < -0.4 is 5.73 Å². The first kappa shape index (κ1) is 8.81. The van der Waals surface area contributed by atoms with Crippen LogP contribution in [0.1, 0.15) is 11.9 Å². The number of nitrogen functional groups attached to an aromatic ring is 1. The van der Waals surface area contributed by atoms with Gasteiger partial charge >= 0.3 is 0 Å². The van der Waals surface area contributed by atoms with E-state index in [9.17, 15) is 0 Å². The molecule has 0 aliphatic carbocycles. The predicted molar refractivity (Wildman–Crippen MR) is 50.5 cm³/mol. The Bertz CT molecular complexity index is 310. The van der Waals surface area contributed by atoms with Crippen LogP contribution in [0.15, 0.2) is 18.2 Å². The van der Waals surface area contributed by atoms with Crippen molar-refractivity contribution in [3.05, 3.63) is 28.8 Å². The van der Waals surface area contributed by atoms with Gasteiger partial charge in [-0.2, -0.15) is 0 Å². The van der Waals surface area contributed by atoms with E-state index in [1.165, 1.54) is 0 Å². The molecule has 2 N–H and O–H groups in total. The molecule has 1 aromatic carbocycles.